The maximum absolute atomic E-state index is 10.7. The Balaban J connectivity index is 0. The molecule has 0 saturated heterocycles. The molecular weight excluding hydrogens is 136 g/mol. The Morgan fingerprint density at radius 2 is 1.88 bits per heavy atom. The first kappa shape index (κ1) is 11.1. The first-order valence-corrected chi connectivity index (χ1v) is 1.29. The predicted molar refractivity (Wildman–Crippen MR) is 20.4 cm³/mol. The van der Waals surface area contributed by atoms with Crippen molar-refractivity contribution < 1.29 is 23.0 Å². The second-order valence-electron chi connectivity index (χ2n) is 0.697. The number of halogens is 3. The minimum atomic E-state index is -3.37. The van der Waals surface area contributed by atoms with Gasteiger partial charge in [0.25, 0.3) is 0 Å². The third-order valence-corrected chi connectivity index (χ3v) is 0.254. The third kappa shape index (κ3) is 4.42. The van der Waals surface area contributed by atoms with Crippen LogP contribution >= 0.6 is 0 Å². The van der Waals surface area contributed by atoms with E-state index in [-0.39, 0.29) is 29.6 Å². The van der Waals surface area contributed by atoms with Gasteiger partial charge < -0.3 is 0 Å². The van der Waals surface area contributed by atoms with Crippen molar-refractivity contribution >= 4 is 35.5 Å². The molecule has 44 valence electrons. The number of rotatable bonds is 1. The van der Waals surface area contributed by atoms with E-state index in [1.54, 1.807) is 0 Å². The van der Waals surface area contributed by atoms with Gasteiger partial charge in [-0.3, -0.25) is 0 Å². The Morgan fingerprint density at radius 3 is 1.88 bits per heavy atom. The van der Waals surface area contributed by atoms with Crippen LogP contribution < -0.4 is 0 Å². The predicted octanol–water partition coefficient (Wildman–Crippen LogP) is 0.0307. The van der Waals surface area contributed by atoms with Crippen molar-refractivity contribution in [3.63, 3.8) is 0 Å². The fourth-order valence-electron chi connectivity index (χ4n) is 0.0337. The zero-order chi connectivity index (χ0) is 5.86. The molecule has 0 spiro atoms. The molecule has 0 aliphatic heterocycles. The average Bonchev–Trinajstić information content (AvgIpc) is 1.65. The van der Waals surface area contributed by atoms with Crippen molar-refractivity contribution in [2.75, 3.05) is 0 Å². The van der Waals surface area contributed by atoms with Gasteiger partial charge in [0.05, 0.1) is 0 Å². The van der Waals surface area contributed by atoms with Gasteiger partial charge in [-0.2, -0.15) is 8.78 Å². The van der Waals surface area contributed by atoms with E-state index in [1.165, 1.54) is 0 Å². The summed E-state index contributed by atoms with van der Waals surface area (Å²) in [4.78, 5) is 11.3. The van der Waals surface area contributed by atoms with Gasteiger partial charge in [-0.1, -0.05) is 0 Å². The van der Waals surface area contributed by atoms with E-state index >= 15 is 0 Å². The Bertz CT molecular complexity index is 75.7. The molecule has 0 saturated carbocycles. The molecule has 0 unspecified atom stereocenters. The van der Waals surface area contributed by atoms with Gasteiger partial charge in [0.1, 0.15) is 0 Å². The molecule has 8 heavy (non-hydrogen) atoms. The SMILES string of the molecule is O=C(OF)C(F)F.[NaH]. The number of hydrogen-bond acceptors (Lipinski definition) is 2. The van der Waals surface area contributed by atoms with Crippen molar-refractivity contribution in [1.29, 1.82) is 0 Å². The summed E-state index contributed by atoms with van der Waals surface area (Å²) in [6.07, 6.45) is -3.37. The van der Waals surface area contributed by atoms with Crippen LogP contribution in [0.2, 0.25) is 0 Å². The molecule has 0 amide bonds. The van der Waals surface area contributed by atoms with Crippen LogP contribution in [0, 0.1) is 0 Å². The van der Waals surface area contributed by atoms with Gasteiger partial charge in [0.2, 0.25) is 0 Å². The maximum atomic E-state index is 10.7. The van der Waals surface area contributed by atoms with Crippen molar-refractivity contribution in [2.24, 2.45) is 0 Å². The Kier molecular flexibility index (Phi) is 7.50. The van der Waals surface area contributed by atoms with Gasteiger partial charge in [-0.25, -0.2) is 9.74 Å². The van der Waals surface area contributed by atoms with E-state index in [0.717, 1.165) is 0 Å². The molecule has 0 aliphatic carbocycles. The molecule has 0 atom stereocenters. The molecule has 0 fully saturated rings. The molecule has 0 aromatic carbocycles. The van der Waals surface area contributed by atoms with Crippen LogP contribution in [-0.2, 0) is 9.74 Å². The first-order chi connectivity index (χ1) is 3.18. The van der Waals surface area contributed by atoms with Crippen molar-refractivity contribution in [2.45, 2.75) is 6.43 Å². The quantitative estimate of drug-likeness (QED) is 0.478. The third-order valence-electron chi connectivity index (χ3n) is 0.254. The summed E-state index contributed by atoms with van der Waals surface area (Å²) in [5.41, 5.74) is 0. The summed E-state index contributed by atoms with van der Waals surface area (Å²) in [5.74, 6) is -2.15. The summed E-state index contributed by atoms with van der Waals surface area (Å²) >= 11 is 0. The van der Waals surface area contributed by atoms with Crippen LogP contribution in [0.15, 0.2) is 0 Å². The number of carbonyl (C=O) groups is 1. The van der Waals surface area contributed by atoms with E-state index in [9.17, 15) is 13.3 Å². The van der Waals surface area contributed by atoms with Crippen molar-refractivity contribution in [3.05, 3.63) is 0 Å². The molecule has 0 N–H and O–H groups in total. The Morgan fingerprint density at radius 1 is 1.50 bits per heavy atom. The first-order valence-electron chi connectivity index (χ1n) is 1.29. The summed E-state index contributed by atoms with van der Waals surface area (Å²) in [6, 6.07) is 0. The molecule has 6 heteroatoms. The summed E-state index contributed by atoms with van der Waals surface area (Å²) in [5, 5.41) is 0. The van der Waals surface area contributed by atoms with Gasteiger partial charge >= 0.3 is 42.0 Å². The fourth-order valence-corrected chi connectivity index (χ4v) is 0.0337. The molecule has 0 heterocycles. The second-order valence-corrected chi connectivity index (χ2v) is 0.697. The topological polar surface area (TPSA) is 26.3 Å². The molecular formula is C2H2F3NaO2. The summed E-state index contributed by atoms with van der Waals surface area (Å²) < 4.78 is 31.7. The molecule has 0 rings (SSSR count). The minimum absolute atomic E-state index is 0. The van der Waals surface area contributed by atoms with Crippen molar-refractivity contribution in [1.82, 2.24) is 0 Å². The monoisotopic (exact) mass is 138 g/mol. The van der Waals surface area contributed by atoms with Gasteiger partial charge in [0, 0.05) is 4.53 Å². The van der Waals surface area contributed by atoms with E-state index in [2.05, 4.69) is 4.94 Å². The van der Waals surface area contributed by atoms with E-state index in [1.807, 2.05) is 0 Å². The van der Waals surface area contributed by atoms with E-state index < -0.39 is 12.4 Å². The Hall–Kier alpha value is 0.260. The zero-order valence-electron chi connectivity index (χ0n) is 3.03. The number of hydrogen-bond donors (Lipinski definition) is 0. The molecule has 0 aliphatic rings. The summed E-state index contributed by atoms with van der Waals surface area (Å²) in [6.45, 7) is 0. The van der Waals surface area contributed by atoms with Crippen LogP contribution in [0.3, 0.4) is 0 Å². The van der Waals surface area contributed by atoms with Crippen LogP contribution in [0.25, 0.3) is 0 Å². The van der Waals surface area contributed by atoms with E-state index in [0.29, 0.717) is 0 Å². The average molecular weight is 138 g/mol. The Labute approximate surface area is 65.2 Å². The fraction of sp³-hybridized carbons (Fsp3) is 0.500. The molecule has 0 radical (unpaired) electrons. The normalized spacial score (nSPS) is 8.00. The number of alkyl halides is 2. The molecule has 0 aromatic rings. The van der Waals surface area contributed by atoms with Crippen LogP contribution in [0.5, 0.6) is 0 Å². The van der Waals surface area contributed by atoms with Crippen LogP contribution in [0.1, 0.15) is 0 Å². The van der Waals surface area contributed by atoms with Crippen molar-refractivity contribution in [3.8, 4) is 0 Å². The molecule has 0 aromatic heterocycles. The second kappa shape index (κ2) is 5.40. The van der Waals surface area contributed by atoms with E-state index in [4.69, 9.17) is 4.79 Å². The molecule has 2 nitrogen and oxygen atoms in total. The van der Waals surface area contributed by atoms with Gasteiger partial charge in [-0.05, 0) is 0 Å². The van der Waals surface area contributed by atoms with Gasteiger partial charge in [-0.15, -0.1) is 0 Å². The standard InChI is InChI=1S/C2HF3O2.Na.H/c3-1(4)2(6)7-5;;/h1H;;. The number of carbonyl (C=O) groups excluding carboxylic acids is 1. The van der Waals surface area contributed by atoms with Crippen LogP contribution in [0.4, 0.5) is 13.3 Å². The van der Waals surface area contributed by atoms with Gasteiger partial charge in [0.15, 0.2) is 0 Å². The summed E-state index contributed by atoms with van der Waals surface area (Å²) in [7, 11) is 0. The molecule has 0 bridgehead atoms. The zero-order valence-corrected chi connectivity index (χ0v) is 3.03. The van der Waals surface area contributed by atoms with Crippen LogP contribution in [-0.4, -0.2) is 42.0 Å².